The topological polar surface area (TPSA) is 37.8 Å². The summed E-state index contributed by atoms with van der Waals surface area (Å²) in [5.74, 6) is 0. The van der Waals surface area contributed by atoms with Gasteiger partial charge in [0.2, 0.25) is 0 Å². The van der Waals surface area contributed by atoms with Crippen LogP contribution < -0.4 is 5.32 Å². The lowest BCUT2D eigenvalue weighted by Gasteiger charge is -2.12. The third-order valence-corrected chi connectivity index (χ3v) is 4.19. The van der Waals surface area contributed by atoms with Crippen molar-refractivity contribution in [3.05, 3.63) is 45.9 Å². The number of nitrogens with zero attached hydrogens (tertiary/aromatic N) is 2. The smallest absolute Gasteiger partial charge is 0.139 e. The van der Waals surface area contributed by atoms with Crippen molar-refractivity contribution in [2.24, 2.45) is 0 Å². The van der Waals surface area contributed by atoms with Gasteiger partial charge in [0, 0.05) is 6.42 Å². The molecule has 1 N–H and O–H groups in total. The van der Waals surface area contributed by atoms with Gasteiger partial charge in [0.25, 0.3) is 0 Å². The largest absolute Gasteiger partial charge is 0.307 e. The van der Waals surface area contributed by atoms with Crippen LogP contribution >= 0.6 is 11.3 Å². The predicted molar refractivity (Wildman–Crippen MR) is 80.5 cm³/mol. The summed E-state index contributed by atoms with van der Waals surface area (Å²) in [4.78, 5) is 0. The molecular weight excluding hydrogens is 254 g/mol. The van der Waals surface area contributed by atoms with Crippen LogP contribution in [0, 0.1) is 0 Å². The molecule has 1 aromatic carbocycles. The third kappa shape index (κ3) is 3.85. The standard InChI is InChI=1S/C15H21N3S/c1-3-4-6-11-13-17-18-15(19-13)14(16-2)12-9-7-5-8-10-12/h5,7-10,14,16H,3-4,6,11H2,1-2H3. The first-order valence-electron chi connectivity index (χ1n) is 6.89. The summed E-state index contributed by atoms with van der Waals surface area (Å²) in [6, 6.07) is 10.6. The summed E-state index contributed by atoms with van der Waals surface area (Å²) in [6.45, 7) is 2.22. The SMILES string of the molecule is CCCCCc1nnc(C(NC)c2ccccc2)s1. The first kappa shape index (κ1) is 14.2. The normalized spacial score (nSPS) is 12.5. The number of hydrogen-bond donors (Lipinski definition) is 1. The van der Waals surface area contributed by atoms with Crippen molar-refractivity contribution in [1.29, 1.82) is 0 Å². The van der Waals surface area contributed by atoms with E-state index in [-0.39, 0.29) is 6.04 Å². The molecule has 1 unspecified atom stereocenters. The van der Waals surface area contributed by atoms with E-state index in [0.29, 0.717) is 0 Å². The Hall–Kier alpha value is -1.26. The molecule has 0 aliphatic heterocycles. The minimum Gasteiger partial charge on any atom is -0.307 e. The molecule has 4 heteroatoms. The molecule has 1 aromatic heterocycles. The second kappa shape index (κ2) is 7.36. The van der Waals surface area contributed by atoms with Crippen molar-refractivity contribution in [2.75, 3.05) is 7.05 Å². The Morgan fingerprint density at radius 3 is 2.63 bits per heavy atom. The second-order valence-corrected chi connectivity index (χ2v) is 5.72. The van der Waals surface area contributed by atoms with Crippen molar-refractivity contribution in [1.82, 2.24) is 15.5 Å². The van der Waals surface area contributed by atoms with Crippen LogP contribution in [-0.2, 0) is 6.42 Å². The number of unbranched alkanes of at least 4 members (excludes halogenated alkanes) is 2. The fraction of sp³-hybridized carbons (Fsp3) is 0.467. The highest BCUT2D eigenvalue weighted by molar-refractivity contribution is 7.11. The average molecular weight is 275 g/mol. The minimum atomic E-state index is 0.152. The fourth-order valence-corrected chi connectivity index (χ4v) is 3.11. The molecule has 0 saturated carbocycles. The van der Waals surface area contributed by atoms with Gasteiger partial charge in [0.1, 0.15) is 10.0 Å². The average Bonchev–Trinajstić information content (AvgIpc) is 2.90. The molecule has 1 atom stereocenters. The van der Waals surface area contributed by atoms with E-state index in [2.05, 4.69) is 46.7 Å². The van der Waals surface area contributed by atoms with Crippen molar-refractivity contribution >= 4 is 11.3 Å². The number of benzene rings is 1. The van der Waals surface area contributed by atoms with Gasteiger partial charge in [-0.1, -0.05) is 61.4 Å². The Morgan fingerprint density at radius 2 is 1.95 bits per heavy atom. The van der Waals surface area contributed by atoms with Gasteiger partial charge in [-0.25, -0.2) is 0 Å². The second-order valence-electron chi connectivity index (χ2n) is 4.62. The third-order valence-electron chi connectivity index (χ3n) is 3.15. The van der Waals surface area contributed by atoms with Gasteiger partial charge in [0.15, 0.2) is 0 Å². The fourth-order valence-electron chi connectivity index (χ4n) is 2.09. The summed E-state index contributed by atoms with van der Waals surface area (Å²) >= 11 is 1.73. The zero-order chi connectivity index (χ0) is 13.5. The molecule has 2 rings (SSSR count). The van der Waals surface area contributed by atoms with E-state index in [1.165, 1.54) is 24.8 Å². The van der Waals surface area contributed by atoms with E-state index >= 15 is 0 Å². The Kier molecular flexibility index (Phi) is 5.48. The van der Waals surface area contributed by atoms with Gasteiger partial charge in [-0.2, -0.15) is 0 Å². The summed E-state index contributed by atoms with van der Waals surface area (Å²) in [5, 5.41) is 14.2. The zero-order valence-corrected chi connectivity index (χ0v) is 12.4. The van der Waals surface area contributed by atoms with E-state index < -0.39 is 0 Å². The molecule has 0 bridgehead atoms. The highest BCUT2D eigenvalue weighted by Crippen LogP contribution is 2.25. The summed E-state index contributed by atoms with van der Waals surface area (Å²) in [5.41, 5.74) is 1.24. The maximum atomic E-state index is 4.35. The molecule has 0 aliphatic rings. The van der Waals surface area contributed by atoms with Gasteiger partial charge < -0.3 is 5.32 Å². The number of hydrogen-bond acceptors (Lipinski definition) is 4. The molecule has 0 saturated heterocycles. The van der Waals surface area contributed by atoms with E-state index in [1.54, 1.807) is 11.3 Å². The number of nitrogens with one attached hydrogen (secondary N) is 1. The molecule has 3 nitrogen and oxygen atoms in total. The van der Waals surface area contributed by atoms with Crippen molar-refractivity contribution in [3.63, 3.8) is 0 Å². The Balaban J connectivity index is 2.07. The van der Waals surface area contributed by atoms with Crippen LogP contribution in [0.1, 0.15) is 47.8 Å². The van der Waals surface area contributed by atoms with E-state index in [9.17, 15) is 0 Å². The van der Waals surface area contributed by atoms with Crippen molar-refractivity contribution < 1.29 is 0 Å². The zero-order valence-electron chi connectivity index (χ0n) is 11.6. The predicted octanol–water partition coefficient (Wildman–Crippen LogP) is 3.58. The van der Waals surface area contributed by atoms with Crippen molar-refractivity contribution in [3.8, 4) is 0 Å². The number of aromatic nitrogens is 2. The van der Waals surface area contributed by atoms with Crippen LogP contribution in [0.2, 0.25) is 0 Å². The maximum Gasteiger partial charge on any atom is 0.139 e. The molecule has 19 heavy (non-hydrogen) atoms. The lowest BCUT2D eigenvalue weighted by atomic mass is 10.1. The van der Waals surface area contributed by atoms with Crippen LogP contribution in [-0.4, -0.2) is 17.2 Å². The molecule has 0 radical (unpaired) electrons. The molecule has 0 spiro atoms. The summed E-state index contributed by atoms with van der Waals surface area (Å²) < 4.78 is 0. The summed E-state index contributed by atoms with van der Waals surface area (Å²) in [6.07, 6.45) is 4.77. The Labute approximate surface area is 119 Å². The van der Waals surface area contributed by atoms with Gasteiger partial charge in [-0.3, -0.25) is 0 Å². The highest BCUT2D eigenvalue weighted by Gasteiger charge is 2.16. The Morgan fingerprint density at radius 1 is 1.16 bits per heavy atom. The minimum absolute atomic E-state index is 0.152. The van der Waals surface area contributed by atoms with Gasteiger partial charge in [0.05, 0.1) is 6.04 Å². The highest BCUT2D eigenvalue weighted by atomic mass is 32.1. The van der Waals surface area contributed by atoms with E-state index in [1.807, 2.05) is 13.1 Å². The molecular formula is C15H21N3S. The molecule has 0 aliphatic carbocycles. The quantitative estimate of drug-likeness (QED) is 0.785. The van der Waals surface area contributed by atoms with E-state index in [4.69, 9.17) is 0 Å². The molecule has 0 amide bonds. The van der Waals surface area contributed by atoms with Crippen LogP contribution in [0.25, 0.3) is 0 Å². The maximum absolute atomic E-state index is 4.35. The van der Waals surface area contributed by atoms with Crippen LogP contribution in [0.4, 0.5) is 0 Å². The van der Waals surface area contributed by atoms with Gasteiger partial charge in [-0.15, -0.1) is 10.2 Å². The lowest BCUT2D eigenvalue weighted by Crippen LogP contribution is -2.17. The first-order chi connectivity index (χ1) is 9.35. The monoisotopic (exact) mass is 275 g/mol. The summed E-state index contributed by atoms with van der Waals surface area (Å²) in [7, 11) is 1.97. The van der Waals surface area contributed by atoms with Crippen molar-refractivity contribution in [2.45, 2.75) is 38.6 Å². The molecule has 102 valence electrons. The van der Waals surface area contributed by atoms with Crippen LogP contribution in [0.15, 0.2) is 30.3 Å². The lowest BCUT2D eigenvalue weighted by molar-refractivity contribution is 0.674. The van der Waals surface area contributed by atoms with Gasteiger partial charge >= 0.3 is 0 Å². The molecule has 2 aromatic rings. The van der Waals surface area contributed by atoms with E-state index in [0.717, 1.165) is 16.4 Å². The number of rotatable bonds is 7. The van der Waals surface area contributed by atoms with Crippen LogP contribution in [0.5, 0.6) is 0 Å². The van der Waals surface area contributed by atoms with Crippen LogP contribution in [0.3, 0.4) is 0 Å². The molecule has 0 fully saturated rings. The number of aryl methyl sites for hydroxylation is 1. The first-order valence-corrected chi connectivity index (χ1v) is 7.71. The molecule has 1 heterocycles. The van der Waals surface area contributed by atoms with Gasteiger partial charge in [-0.05, 0) is 19.0 Å². The Bertz CT molecular complexity index is 481.